The van der Waals surface area contributed by atoms with Crippen LogP contribution < -0.4 is 0 Å². The standard InChI is InChI=1S/C17H31NO4/c1-9-11-12-21-14(19)13(17(6,7)10-2)18(8)15(20)22-16(3,4)5/h10,13H,2,9,11-12H2,1,3-8H3. The number of esters is 1. The predicted molar refractivity (Wildman–Crippen MR) is 87.6 cm³/mol. The largest absolute Gasteiger partial charge is 0.464 e. The number of carbonyl (C=O) groups is 2. The Balaban J connectivity index is 5.20. The van der Waals surface area contributed by atoms with Crippen LogP contribution in [0.15, 0.2) is 12.7 Å². The molecule has 0 heterocycles. The molecule has 0 spiro atoms. The fraction of sp³-hybridized carbons (Fsp3) is 0.765. The lowest BCUT2D eigenvalue weighted by Gasteiger charge is -2.37. The fourth-order valence-corrected chi connectivity index (χ4v) is 1.91. The second-order valence-corrected chi connectivity index (χ2v) is 7.04. The van der Waals surface area contributed by atoms with E-state index in [1.165, 1.54) is 4.90 Å². The third-order valence-electron chi connectivity index (χ3n) is 3.27. The summed E-state index contributed by atoms with van der Waals surface area (Å²) in [5, 5.41) is 0. The van der Waals surface area contributed by atoms with Crippen molar-refractivity contribution in [2.24, 2.45) is 5.41 Å². The highest BCUT2D eigenvalue weighted by atomic mass is 16.6. The molecular weight excluding hydrogens is 282 g/mol. The Bertz CT molecular complexity index is 396. The van der Waals surface area contributed by atoms with Crippen molar-refractivity contribution in [3.8, 4) is 0 Å². The molecular formula is C17H31NO4. The minimum atomic E-state index is -0.781. The van der Waals surface area contributed by atoms with E-state index in [9.17, 15) is 9.59 Å². The van der Waals surface area contributed by atoms with E-state index in [2.05, 4.69) is 6.58 Å². The molecule has 1 amide bonds. The van der Waals surface area contributed by atoms with Gasteiger partial charge in [-0.25, -0.2) is 9.59 Å². The quantitative estimate of drug-likeness (QED) is 0.408. The average molecular weight is 313 g/mol. The van der Waals surface area contributed by atoms with Gasteiger partial charge in [0.2, 0.25) is 0 Å². The minimum absolute atomic E-state index is 0.348. The summed E-state index contributed by atoms with van der Waals surface area (Å²) in [4.78, 5) is 26.0. The highest BCUT2D eigenvalue weighted by Crippen LogP contribution is 2.28. The van der Waals surface area contributed by atoms with Gasteiger partial charge in [-0.05, 0) is 27.2 Å². The summed E-state index contributed by atoms with van der Waals surface area (Å²) < 4.78 is 10.6. The maximum atomic E-state index is 12.4. The van der Waals surface area contributed by atoms with Gasteiger partial charge in [0.15, 0.2) is 0 Å². The summed E-state index contributed by atoms with van der Waals surface area (Å²) in [5.74, 6) is -0.438. The maximum absolute atomic E-state index is 12.4. The van der Waals surface area contributed by atoms with Crippen molar-refractivity contribution in [3.63, 3.8) is 0 Å². The van der Waals surface area contributed by atoms with E-state index in [-0.39, 0.29) is 0 Å². The number of likely N-dealkylation sites (N-methyl/N-ethyl adjacent to an activating group) is 1. The number of nitrogens with zero attached hydrogens (tertiary/aromatic N) is 1. The molecule has 0 bridgehead atoms. The van der Waals surface area contributed by atoms with Crippen LogP contribution in [0.1, 0.15) is 54.4 Å². The number of hydrogen-bond acceptors (Lipinski definition) is 4. The van der Waals surface area contributed by atoms with Gasteiger partial charge >= 0.3 is 12.1 Å². The summed E-state index contributed by atoms with van der Waals surface area (Å²) in [5.41, 5.74) is -1.25. The van der Waals surface area contributed by atoms with Crippen molar-refractivity contribution in [1.29, 1.82) is 0 Å². The molecule has 0 aliphatic carbocycles. The highest BCUT2D eigenvalue weighted by molar-refractivity contribution is 5.82. The molecule has 0 radical (unpaired) electrons. The Morgan fingerprint density at radius 3 is 2.18 bits per heavy atom. The van der Waals surface area contributed by atoms with Crippen LogP contribution in [0.5, 0.6) is 0 Å². The van der Waals surface area contributed by atoms with Gasteiger partial charge in [-0.3, -0.25) is 4.90 Å². The van der Waals surface area contributed by atoms with Gasteiger partial charge in [-0.15, -0.1) is 6.58 Å². The van der Waals surface area contributed by atoms with Crippen LogP contribution in [0.4, 0.5) is 4.79 Å². The number of ether oxygens (including phenoxy) is 2. The van der Waals surface area contributed by atoms with Crippen LogP contribution in [-0.2, 0) is 14.3 Å². The number of hydrogen-bond donors (Lipinski definition) is 0. The molecule has 1 unspecified atom stereocenters. The van der Waals surface area contributed by atoms with E-state index in [0.717, 1.165) is 12.8 Å². The van der Waals surface area contributed by atoms with Crippen LogP contribution in [0, 0.1) is 5.41 Å². The zero-order valence-electron chi connectivity index (χ0n) is 15.1. The van der Waals surface area contributed by atoms with E-state index < -0.39 is 29.1 Å². The SMILES string of the molecule is C=CC(C)(C)C(C(=O)OCCCC)N(C)C(=O)OC(C)(C)C. The average Bonchev–Trinajstić information content (AvgIpc) is 2.36. The molecule has 5 nitrogen and oxygen atoms in total. The van der Waals surface area contributed by atoms with E-state index in [1.807, 2.05) is 20.8 Å². The Hall–Kier alpha value is -1.52. The zero-order chi connectivity index (χ0) is 17.6. The molecule has 0 aromatic heterocycles. The predicted octanol–water partition coefficient (Wildman–Crippen LogP) is 3.78. The molecule has 5 heteroatoms. The topological polar surface area (TPSA) is 55.8 Å². The van der Waals surface area contributed by atoms with Crippen molar-refractivity contribution in [1.82, 2.24) is 4.90 Å². The van der Waals surface area contributed by atoms with Crippen LogP contribution in [0.2, 0.25) is 0 Å². The molecule has 0 saturated heterocycles. The summed E-state index contributed by atoms with van der Waals surface area (Å²) >= 11 is 0. The molecule has 128 valence electrons. The van der Waals surface area contributed by atoms with Gasteiger partial charge in [0, 0.05) is 12.5 Å². The lowest BCUT2D eigenvalue weighted by molar-refractivity contribution is -0.152. The lowest BCUT2D eigenvalue weighted by atomic mass is 9.84. The first-order valence-electron chi connectivity index (χ1n) is 7.72. The van der Waals surface area contributed by atoms with Crippen molar-refractivity contribution in [3.05, 3.63) is 12.7 Å². The number of rotatable bonds is 7. The van der Waals surface area contributed by atoms with Crippen LogP contribution in [0.3, 0.4) is 0 Å². The van der Waals surface area contributed by atoms with E-state index in [0.29, 0.717) is 6.61 Å². The molecule has 0 aliphatic heterocycles. The molecule has 22 heavy (non-hydrogen) atoms. The van der Waals surface area contributed by atoms with Gasteiger partial charge in [0.05, 0.1) is 6.61 Å². The number of carbonyl (C=O) groups excluding carboxylic acids is 2. The first kappa shape index (κ1) is 20.5. The number of amides is 1. The smallest absolute Gasteiger partial charge is 0.410 e. The zero-order valence-corrected chi connectivity index (χ0v) is 15.1. The van der Waals surface area contributed by atoms with Crippen molar-refractivity contribution in [2.45, 2.75) is 66.0 Å². The first-order valence-corrected chi connectivity index (χ1v) is 7.72. The summed E-state index contributed by atoms with van der Waals surface area (Å²) in [6.45, 7) is 15.2. The molecule has 0 N–H and O–H groups in total. The minimum Gasteiger partial charge on any atom is -0.464 e. The molecule has 1 atom stereocenters. The Kier molecular flexibility index (Phi) is 7.64. The summed E-state index contributed by atoms with van der Waals surface area (Å²) in [6, 6.07) is -0.781. The highest BCUT2D eigenvalue weighted by Gasteiger charge is 2.41. The Labute approximate surface area is 134 Å². The molecule has 0 aromatic rings. The van der Waals surface area contributed by atoms with Gasteiger partial charge in [0.25, 0.3) is 0 Å². The molecule has 0 saturated carbocycles. The molecule has 0 aromatic carbocycles. The van der Waals surface area contributed by atoms with E-state index >= 15 is 0 Å². The van der Waals surface area contributed by atoms with Crippen molar-refractivity contribution >= 4 is 12.1 Å². The monoisotopic (exact) mass is 313 g/mol. The maximum Gasteiger partial charge on any atom is 0.410 e. The Morgan fingerprint density at radius 2 is 1.77 bits per heavy atom. The third kappa shape index (κ3) is 6.50. The Morgan fingerprint density at radius 1 is 1.23 bits per heavy atom. The van der Waals surface area contributed by atoms with Crippen molar-refractivity contribution < 1.29 is 19.1 Å². The van der Waals surface area contributed by atoms with E-state index in [4.69, 9.17) is 9.47 Å². The van der Waals surface area contributed by atoms with Gasteiger partial charge in [-0.1, -0.05) is 33.3 Å². The lowest BCUT2D eigenvalue weighted by Crippen LogP contribution is -2.52. The molecule has 0 aliphatic rings. The van der Waals surface area contributed by atoms with Crippen LogP contribution in [0.25, 0.3) is 0 Å². The fourth-order valence-electron chi connectivity index (χ4n) is 1.91. The van der Waals surface area contributed by atoms with Crippen LogP contribution >= 0.6 is 0 Å². The van der Waals surface area contributed by atoms with Gasteiger partial charge in [0.1, 0.15) is 11.6 Å². The van der Waals surface area contributed by atoms with E-state index in [1.54, 1.807) is 33.9 Å². The first-order chi connectivity index (χ1) is 9.96. The van der Waals surface area contributed by atoms with Gasteiger partial charge in [-0.2, -0.15) is 0 Å². The number of unbranched alkanes of at least 4 members (excludes halogenated alkanes) is 1. The summed E-state index contributed by atoms with van der Waals surface area (Å²) in [7, 11) is 1.55. The normalized spacial score (nSPS) is 13.2. The third-order valence-corrected chi connectivity index (χ3v) is 3.27. The summed E-state index contributed by atoms with van der Waals surface area (Å²) in [6.07, 6.45) is 2.83. The second-order valence-electron chi connectivity index (χ2n) is 7.04. The van der Waals surface area contributed by atoms with Crippen molar-refractivity contribution in [2.75, 3.05) is 13.7 Å². The molecule has 0 rings (SSSR count). The second kappa shape index (κ2) is 8.20. The molecule has 0 fully saturated rings. The van der Waals surface area contributed by atoms with Gasteiger partial charge < -0.3 is 9.47 Å². The van der Waals surface area contributed by atoms with Crippen LogP contribution in [-0.4, -0.2) is 42.3 Å².